The van der Waals surface area contributed by atoms with Gasteiger partial charge in [-0.25, -0.2) is 4.39 Å². The summed E-state index contributed by atoms with van der Waals surface area (Å²) in [6, 6.07) is 7.04. The van der Waals surface area contributed by atoms with E-state index in [2.05, 4.69) is 18.7 Å². The van der Waals surface area contributed by atoms with Crippen LogP contribution in [0, 0.1) is 5.82 Å². The SMILES string of the molecule is CCCN(CCC)Cc1ccccc1F. The molecular weight excluding hydrogens is 189 g/mol. The first-order chi connectivity index (χ1) is 7.27. The Hall–Kier alpha value is -0.890. The Morgan fingerprint density at radius 2 is 1.67 bits per heavy atom. The number of rotatable bonds is 6. The fourth-order valence-corrected chi connectivity index (χ4v) is 1.77. The first-order valence-electron chi connectivity index (χ1n) is 5.73. The van der Waals surface area contributed by atoms with E-state index in [1.165, 1.54) is 6.07 Å². The molecule has 0 aromatic heterocycles. The lowest BCUT2D eigenvalue weighted by Gasteiger charge is -2.21. The Morgan fingerprint density at radius 1 is 1.07 bits per heavy atom. The van der Waals surface area contributed by atoms with Crippen molar-refractivity contribution in [1.82, 2.24) is 4.90 Å². The molecule has 0 bridgehead atoms. The van der Waals surface area contributed by atoms with Crippen LogP contribution in [0.3, 0.4) is 0 Å². The second-order valence-electron chi connectivity index (χ2n) is 3.87. The normalized spacial score (nSPS) is 10.9. The Kier molecular flexibility index (Phi) is 5.33. The number of benzene rings is 1. The van der Waals surface area contributed by atoms with Crippen molar-refractivity contribution < 1.29 is 4.39 Å². The Morgan fingerprint density at radius 3 is 2.20 bits per heavy atom. The van der Waals surface area contributed by atoms with E-state index in [1.807, 2.05) is 12.1 Å². The van der Waals surface area contributed by atoms with Gasteiger partial charge in [0.15, 0.2) is 0 Å². The van der Waals surface area contributed by atoms with Crippen molar-refractivity contribution in [2.75, 3.05) is 13.1 Å². The summed E-state index contributed by atoms with van der Waals surface area (Å²) in [6.07, 6.45) is 2.24. The van der Waals surface area contributed by atoms with Crippen molar-refractivity contribution in [2.45, 2.75) is 33.2 Å². The van der Waals surface area contributed by atoms with E-state index >= 15 is 0 Å². The van der Waals surface area contributed by atoms with Crippen molar-refractivity contribution in [3.63, 3.8) is 0 Å². The van der Waals surface area contributed by atoms with Gasteiger partial charge in [-0.15, -0.1) is 0 Å². The molecule has 0 atom stereocenters. The van der Waals surface area contributed by atoms with Gasteiger partial charge in [-0.1, -0.05) is 32.0 Å². The number of halogens is 1. The molecule has 0 heterocycles. The topological polar surface area (TPSA) is 3.24 Å². The Bertz CT molecular complexity index is 280. The first-order valence-corrected chi connectivity index (χ1v) is 5.73. The monoisotopic (exact) mass is 209 g/mol. The highest BCUT2D eigenvalue weighted by atomic mass is 19.1. The molecule has 84 valence electrons. The molecular formula is C13H20FN. The van der Waals surface area contributed by atoms with E-state index in [1.54, 1.807) is 6.07 Å². The maximum atomic E-state index is 13.4. The summed E-state index contributed by atoms with van der Waals surface area (Å²) in [5.41, 5.74) is 0.805. The standard InChI is InChI=1S/C13H20FN/c1-3-9-15(10-4-2)11-12-7-5-6-8-13(12)14/h5-8H,3-4,9-11H2,1-2H3. The molecule has 15 heavy (non-hydrogen) atoms. The fraction of sp³-hybridized carbons (Fsp3) is 0.538. The van der Waals surface area contributed by atoms with Crippen molar-refractivity contribution in [2.24, 2.45) is 0 Å². The zero-order valence-corrected chi connectivity index (χ0v) is 9.67. The summed E-state index contributed by atoms with van der Waals surface area (Å²) in [4.78, 5) is 2.30. The molecule has 0 aliphatic carbocycles. The second-order valence-corrected chi connectivity index (χ2v) is 3.87. The molecule has 0 unspecified atom stereocenters. The van der Waals surface area contributed by atoms with Gasteiger partial charge < -0.3 is 0 Å². The van der Waals surface area contributed by atoms with Crippen LogP contribution in [0.25, 0.3) is 0 Å². The van der Waals surface area contributed by atoms with E-state index in [0.717, 1.165) is 38.0 Å². The minimum absolute atomic E-state index is 0.0882. The van der Waals surface area contributed by atoms with Gasteiger partial charge >= 0.3 is 0 Å². The molecule has 1 rings (SSSR count). The fourth-order valence-electron chi connectivity index (χ4n) is 1.77. The highest BCUT2D eigenvalue weighted by Gasteiger charge is 2.06. The van der Waals surface area contributed by atoms with Crippen LogP contribution >= 0.6 is 0 Å². The van der Waals surface area contributed by atoms with Gasteiger partial charge in [-0.3, -0.25) is 4.90 Å². The molecule has 0 radical (unpaired) electrons. The van der Waals surface area contributed by atoms with Crippen LogP contribution in [-0.4, -0.2) is 18.0 Å². The highest BCUT2D eigenvalue weighted by molar-refractivity contribution is 5.17. The zero-order valence-electron chi connectivity index (χ0n) is 9.67. The van der Waals surface area contributed by atoms with E-state index in [-0.39, 0.29) is 5.82 Å². The van der Waals surface area contributed by atoms with Crippen LogP contribution in [0.2, 0.25) is 0 Å². The Labute approximate surface area is 91.9 Å². The van der Waals surface area contributed by atoms with Crippen LogP contribution in [0.1, 0.15) is 32.3 Å². The number of hydrogen-bond donors (Lipinski definition) is 0. The van der Waals surface area contributed by atoms with Crippen molar-refractivity contribution in [3.8, 4) is 0 Å². The lowest BCUT2D eigenvalue weighted by Crippen LogP contribution is -2.25. The zero-order chi connectivity index (χ0) is 11.1. The molecule has 0 fully saturated rings. The van der Waals surface area contributed by atoms with E-state index < -0.39 is 0 Å². The lowest BCUT2D eigenvalue weighted by molar-refractivity contribution is 0.263. The molecule has 0 spiro atoms. The molecule has 0 aliphatic rings. The third kappa shape index (κ3) is 4.00. The third-order valence-electron chi connectivity index (χ3n) is 2.43. The summed E-state index contributed by atoms with van der Waals surface area (Å²) in [5.74, 6) is -0.0882. The predicted octanol–water partition coefficient (Wildman–Crippen LogP) is 3.45. The smallest absolute Gasteiger partial charge is 0.127 e. The third-order valence-corrected chi connectivity index (χ3v) is 2.43. The summed E-state index contributed by atoms with van der Waals surface area (Å²) in [6.45, 7) is 7.13. The largest absolute Gasteiger partial charge is 0.299 e. The van der Waals surface area contributed by atoms with E-state index in [4.69, 9.17) is 0 Å². The lowest BCUT2D eigenvalue weighted by atomic mass is 10.2. The molecule has 1 nitrogen and oxygen atoms in total. The quantitative estimate of drug-likeness (QED) is 0.693. The molecule has 2 heteroatoms. The summed E-state index contributed by atoms with van der Waals surface area (Å²) < 4.78 is 13.4. The average Bonchev–Trinajstić information content (AvgIpc) is 2.22. The van der Waals surface area contributed by atoms with Gasteiger partial charge in [0.2, 0.25) is 0 Å². The molecule has 0 saturated heterocycles. The van der Waals surface area contributed by atoms with E-state index in [0.29, 0.717) is 0 Å². The van der Waals surface area contributed by atoms with Gasteiger partial charge in [-0.2, -0.15) is 0 Å². The predicted molar refractivity (Wildman–Crippen MR) is 62.3 cm³/mol. The summed E-state index contributed by atoms with van der Waals surface area (Å²) >= 11 is 0. The molecule has 0 N–H and O–H groups in total. The highest BCUT2D eigenvalue weighted by Crippen LogP contribution is 2.10. The van der Waals surface area contributed by atoms with Crippen molar-refractivity contribution in [3.05, 3.63) is 35.6 Å². The van der Waals surface area contributed by atoms with Crippen molar-refractivity contribution >= 4 is 0 Å². The maximum absolute atomic E-state index is 13.4. The summed E-state index contributed by atoms with van der Waals surface area (Å²) in [5, 5.41) is 0. The van der Waals surface area contributed by atoms with E-state index in [9.17, 15) is 4.39 Å². The Balaban J connectivity index is 2.60. The maximum Gasteiger partial charge on any atom is 0.127 e. The van der Waals surface area contributed by atoms with Gasteiger partial charge in [0, 0.05) is 12.1 Å². The minimum atomic E-state index is -0.0882. The van der Waals surface area contributed by atoms with Gasteiger partial charge in [-0.05, 0) is 32.0 Å². The minimum Gasteiger partial charge on any atom is -0.299 e. The van der Waals surface area contributed by atoms with Crippen LogP contribution in [-0.2, 0) is 6.54 Å². The van der Waals surface area contributed by atoms with Gasteiger partial charge in [0.1, 0.15) is 5.82 Å². The van der Waals surface area contributed by atoms with Gasteiger partial charge in [0.05, 0.1) is 0 Å². The molecule has 0 saturated carbocycles. The first kappa shape index (κ1) is 12.2. The van der Waals surface area contributed by atoms with Crippen LogP contribution in [0.5, 0.6) is 0 Å². The number of hydrogen-bond acceptors (Lipinski definition) is 1. The molecule has 0 amide bonds. The number of nitrogens with zero attached hydrogens (tertiary/aromatic N) is 1. The van der Waals surface area contributed by atoms with Crippen LogP contribution in [0.15, 0.2) is 24.3 Å². The van der Waals surface area contributed by atoms with Crippen LogP contribution in [0.4, 0.5) is 4.39 Å². The van der Waals surface area contributed by atoms with Crippen molar-refractivity contribution in [1.29, 1.82) is 0 Å². The van der Waals surface area contributed by atoms with Crippen LogP contribution < -0.4 is 0 Å². The molecule has 1 aromatic rings. The molecule has 0 aliphatic heterocycles. The average molecular weight is 209 g/mol. The molecule has 1 aromatic carbocycles. The summed E-state index contributed by atoms with van der Waals surface area (Å²) in [7, 11) is 0. The van der Waals surface area contributed by atoms with Gasteiger partial charge in [0.25, 0.3) is 0 Å². The second kappa shape index (κ2) is 6.57.